The molecule has 0 radical (unpaired) electrons. The van der Waals surface area contributed by atoms with E-state index in [4.69, 9.17) is 5.11 Å². The summed E-state index contributed by atoms with van der Waals surface area (Å²) in [6.45, 7) is 3.16. The van der Waals surface area contributed by atoms with Gasteiger partial charge in [0.05, 0.1) is 0 Å². The Morgan fingerprint density at radius 1 is 1.20 bits per heavy atom. The number of carboxylic acid groups (broad SMARTS) is 1. The molecule has 0 fully saturated rings. The van der Waals surface area contributed by atoms with Crippen molar-refractivity contribution in [2.45, 2.75) is 13.8 Å². The maximum absolute atomic E-state index is 10.9. The number of rotatable bonds is 4. The number of anilines is 3. The number of carbonyl (C=O) groups excluding carboxylic acids is 1. The van der Waals surface area contributed by atoms with E-state index in [0.717, 1.165) is 5.69 Å². The van der Waals surface area contributed by atoms with Gasteiger partial charge in [-0.2, -0.15) is 0 Å². The summed E-state index contributed by atoms with van der Waals surface area (Å²) in [5, 5.41) is 15.2. The van der Waals surface area contributed by atoms with Gasteiger partial charge in [0.1, 0.15) is 0 Å². The SMILES string of the molecule is CC(=O)Nc1ccc(Nc2nc(C(=O)O)c(C)s2)cc1. The molecular formula is C13H13N3O3S. The fourth-order valence-electron chi connectivity index (χ4n) is 1.61. The first-order valence-electron chi connectivity index (χ1n) is 5.81. The summed E-state index contributed by atoms with van der Waals surface area (Å²) in [6, 6.07) is 7.06. The highest BCUT2D eigenvalue weighted by molar-refractivity contribution is 7.15. The number of nitrogens with one attached hydrogen (secondary N) is 2. The Morgan fingerprint density at radius 2 is 1.80 bits per heavy atom. The highest BCUT2D eigenvalue weighted by Gasteiger charge is 2.13. The van der Waals surface area contributed by atoms with E-state index >= 15 is 0 Å². The number of carboxylic acids is 1. The molecule has 0 saturated carbocycles. The van der Waals surface area contributed by atoms with E-state index in [1.54, 1.807) is 31.2 Å². The summed E-state index contributed by atoms with van der Waals surface area (Å²) < 4.78 is 0. The van der Waals surface area contributed by atoms with Gasteiger partial charge in [0.25, 0.3) is 0 Å². The second kappa shape index (κ2) is 5.70. The lowest BCUT2D eigenvalue weighted by Gasteiger charge is -2.05. The normalized spacial score (nSPS) is 10.1. The molecule has 2 aromatic rings. The van der Waals surface area contributed by atoms with Crippen molar-refractivity contribution in [2.75, 3.05) is 10.6 Å². The van der Waals surface area contributed by atoms with Gasteiger partial charge in [0, 0.05) is 23.2 Å². The van der Waals surface area contributed by atoms with Crippen LogP contribution < -0.4 is 10.6 Å². The molecule has 0 unspecified atom stereocenters. The first-order chi connectivity index (χ1) is 9.45. The molecular weight excluding hydrogens is 278 g/mol. The van der Waals surface area contributed by atoms with Crippen molar-refractivity contribution in [1.29, 1.82) is 0 Å². The number of amides is 1. The smallest absolute Gasteiger partial charge is 0.355 e. The number of hydrogen-bond donors (Lipinski definition) is 3. The van der Waals surface area contributed by atoms with Crippen molar-refractivity contribution >= 4 is 39.7 Å². The van der Waals surface area contributed by atoms with Crippen LogP contribution in [-0.4, -0.2) is 22.0 Å². The zero-order valence-electron chi connectivity index (χ0n) is 10.9. The second-order valence-electron chi connectivity index (χ2n) is 4.11. The molecule has 0 aliphatic heterocycles. The van der Waals surface area contributed by atoms with Crippen LogP contribution in [0.5, 0.6) is 0 Å². The Labute approximate surface area is 119 Å². The third kappa shape index (κ3) is 3.33. The average molecular weight is 291 g/mol. The first kappa shape index (κ1) is 14.0. The van der Waals surface area contributed by atoms with Gasteiger partial charge in [-0.1, -0.05) is 0 Å². The fourth-order valence-corrected chi connectivity index (χ4v) is 2.44. The van der Waals surface area contributed by atoms with Gasteiger partial charge in [-0.3, -0.25) is 4.79 Å². The predicted octanol–water partition coefficient (Wildman–Crippen LogP) is 2.85. The molecule has 1 heterocycles. The highest BCUT2D eigenvalue weighted by Crippen LogP contribution is 2.26. The Morgan fingerprint density at radius 3 is 2.30 bits per heavy atom. The van der Waals surface area contributed by atoms with Crippen LogP contribution in [0.25, 0.3) is 0 Å². The molecule has 0 saturated heterocycles. The Balaban J connectivity index is 2.12. The molecule has 104 valence electrons. The minimum absolute atomic E-state index is 0.0624. The molecule has 6 nitrogen and oxygen atoms in total. The summed E-state index contributed by atoms with van der Waals surface area (Å²) in [4.78, 5) is 26.5. The Kier molecular flexibility index (Phi) is 3.99. The number of thiazole rings is 1. The van der Waals surface area contributed by atoms with Crippen molar-refractivity contribution < 1.29 is 14.7 Å². The lowest BCUT2D eigenvalue weighted by atomic mass is 10.3. The van der Waals surface area contributed by atoms with Crippen LogP contribution in [-0.2, 0) is 4.79 Å². The van der Waals surface area contributed by atoms with E-state index in [1.165, 1.54) is 18.3 Å². The molecule has 0 bridgehead atoms. The van der Waals surface area contributed by atoms with Gasteiger partial charge in [0.15, 0.2) is 10.8 Å². The lowest BCUT2D eigenvalue weighted by molar-refractivity contribution is -0.114. The van der Waals surface area contributed by atoms with E-state index in [-0.39, 0.29) is 11.6 Å². The summed E-state index contributed by atoms with van der Waals surface area (Å²) in [5.74, 6) is -1.17. The topological polar surface area (TPSA) is 91.3 Å². The molecule has 3 N–H and O–H groups in total. The molecule has 1 aromatic heterocycles. The number of hydrogen-bond acceptors (Lipinski definition) is 5. The predicted molar refractivity (Wildman–Crippen MR) is 77.8 cm³/mol. The third-order valence-electron chi connectivity index (χ3n) is 2.46. The molecule has 0 atom stereocenters. The van der Waals surface area contributed by atoms with Crippen LogP contribution in [0.4, 0.5) is 16.5 Å². The maximum Gasteiger partial charge on any atom is 0.355 e. The van der Waals surface area contributed by atoms with Gasteiger partial charge in [-0.15, -0.1) is 11.3 Å². The van der Waals surface area contributed by atoms with Crippen LogP contribution in [0.15, 0.2) is 24.3 Å². The van der Waals surface area contributed by atoms with Crippen LogP contribution in [0.3, 0.4) is 0 Å². The largest absolute Gasteiger partial charge is 0.476 e. The highest BCUT2D eigenvalue weighted by atomic mass is 32.1. The number of carbonyl (C=O) groups is 2. The minimum atomic E-state index is -1.03. The van der Waals surface area contributed by atoms with Gasteiger partial charge >= 0.3 is 5.97 Å². The Hall–Kier alpha value is -2.41. The Bertz CT molecular complexity index is 649. The van der Waals surface area contributed by atoms with Crippen molar-refractivity contribution in [3.63, 3.8) is 0 Å². The summed E-state index contributed by atoms with van der Waals surface area (Å²) in [5.41, 5.74) is 1.53. The first-order valence-corrected chi connectivity index (χ1v) is 6.63. The number of aryl methyl sites for hydroxylation is 1. The monoisotopic (exact) mass is 291 g/mol. The zero-order chi connectivity index (χ0) is 14.7. The standard InChI is InChI=1S/C13H13N3O3S/c1-7-11(12(18)19)16-13(20-7)15-10-5-3-9(4-6-10)14-8(2)17/h3-6H,1-2H3,(H,14,17)(H,15,16)(H,18,19). The van der Waals surface area contributed by atoms with Crippen LogP contribution >= 0.6 is 11.3 Å². The van der Waals surface area contributed by atoms with Crippen LogP contribution in [0.1, 0.15) is 22.3 Å². The van der Waals surface area contributed by atoms with E-state index in [2.05, 4.69) is 15.6 Å². The van der Waals surface area contributed by atoms with Gasteiger partial charge in [0.2, 0.25) is 5.91 Å². The fraction of sp³-hybridized carbons (Fsp3) is 0.154. The molecule has 0 spiro atoms. The molecule has 0 aliphatic carbocycles. The van der Waals surface area contributed by atoms with E-state index in [9.17, 15) is 9.59 Å². The molecule has 0 aliphatic rings. The summed E-state index contributed by atoms with van der Waals surface area (Å²) in [6.07, 6.45) is 0. The van der Waals surface area contributed by atoms with Crippen molar-refractivity contribution in [1.82, 2.24) is 4.98 Å². The van der Waals surface area contributed by atoms with Crippen molar-refractivity contribution in [3.8, 4) is 0 Å². The van der Waals surface area contributed by atoms with Gasteiger partial charge in [-0.25, -0.2) is 9.78 Å². The zero-order valence-corrected chi connectivity index (χ0v) is 11.7. The molecule has 1 aromatic carbocycles. The quantitative estimate of drug-likeness (QED) is 0.805. The van der Waals surface area contributed by atoms with Crippen molar-refractivity contribution in [2.24, 2.45) is 0 Å². The summed E-state index contributed by atoms with van der Waals surface area (Å²) >= 11 is 1.28. The second-order valence-corrected chi connectivity index (χ2v) is 5.32. The number of benzene rings is 1. The molecule has 7 heteroatoms. The maximum atomic E-state index is 10.9. The third-order valence-corrected chi connectivity index (χ3v) is 3.34. The number of nitrogens with zero attached hydrogens (tertiary/aromatic N) is 1. The van der Waals surface area contributed by atoms with Gasteiger partial charge < -0.3 is 15.7 Å². The van der Waals surface area contributed by atoms with Gasteiger partial charge in [-0.05, 0) is 31.2 Å². The lowest BCUT2D eigenvalue weighted by Crippen LogP contribution is -2.05. The molecule has 20 heavy (non-hydrogen) atoms. The average Bonchev–Trinajstić information content (AvgIpc) is 2.72. The summed E-state index contributed by atoms with van der Waals surface area (Å²) in [7, 11) is 0. The molecule has 2 rings (SSSR count). The minimum Gasteiger partial charge on any atom is -0.476 e. The van der Waals surface area contributed by atoms with E-state index in [1.807, 2.05) is 0 Å². The van der Waals surface area contributed by atoms with Crippen LogP contribution in [0, 0.1) is 6.92 Å². The van der Waals surface area contributed by atoms with E-state index < -0.39 is 5.97 Å². The van der Waals surface area contributed by atoms with Crippen LogP contribution in [0.2, 0.25) is 0 Å². The van der Waals surface area contributed by atoms with E-state index in [0.29, 0.717) is 15.7 Å². The number of aromatic carboxylic acids is 1. The molecule has 1 amide bonds. The van der Waals surface area contributed by atoms with Crippen molar-refractivity contribution in [3.05, 3.63) is 34.8 Å². The number of aromatic nitrogens is 1.